The molecule has 7 nitrogen and oxygen atoms in total. The lowest BCUT2D eigenvalue weighted by molar-refractivity contribution is -0.135. The van der Waals surface area contributed by atoms with Gasteiger partial charge in [0.2, 0.25) is 17.7 Å². The van der Waals surface area contributed by atoms with E-state index >= 15 is 0 Å². The molecule has 0 saturated carbocycles. The zero-order chi connectivity index (χ0) is 13.6. The lowest BCUT2D eigenvalue weighted by Crippen LogP contribution is -2.51. The van der Waals surface area contributed by atoms with Crippen LogP contribution in [-0.2, 0) is 14.4 Å². The fourth-order valence-electron chi connectivity index (χ4n) is 1.18. The highest BCUT2D eigenvalue weighted by Crippen LogP contribution is 1.94. The zero-order valence-electron chi connectivity index (χ0n) is 10.4. The molecule has 0 saturated heterocycles. The number of hydrogen-bond acceptors (Lipinski definition) is 4. The molecule has 0 aliphatic heterocycles. The first-order chi connectivity index (χ1) is 7.79. The highest BCUT2D eigenvalue weighted by atomic mass is 16.2. The number of amides is 3. The third-order valence-electron chi connectivity index (χ3n) is 2.34. The summed E-state index contributed by atoms with van der Waals surface area (Å²) in [5.74, 6) is -1.43. The van der Waals surface area contributed by atoms with Crippen LogP contribution in [-0.4, -0.2) is 48.3 Å². The lowest BCUT2D eigenvalue weighted by Gasteiger charge is -2.21. The van der Waals surface area contributed by atoms with Gasteiger partial charge in [-0.3, -0.25) is 14.4 Å². The molecule has 2 atom stereocenters. The molecule has 3 amide bonds. The van der Waals surface area contributed by atoms with Gasteiger partial charge in [-0.25, -0.2) is 0 Å². The minimum Gasteiger partial charge on any atom is -0.370 e. The average molecular weight is 244 g/mol. The van der Waals surface area contributed by atoms with Crippen LogP contribution in [0.25, 0.3) is 0 Å². The normalized spacial score (nSPS) is 13.6. The van der Waals surface area contributed by atoms with Gasteiger partial charge < -0.3 is 21.7 Å². The van der Waals surface area contributed by atoms with E-state index in [2.05, 4.69) is 5.32 Å². The Bertz CT molecular complexity index is 306. The first kappa shape index (κ1) is 15.4. The van der Waals surface area contributed by atoms with Gasteiger partial charge in [0, 0.05) is 13.6 Å². The van der Waals surface area contributed by atoms with E-state index in [1.807, 2.05) is 6.92 Å². The van der Waals surface area contributed by atoms with Crippen LogP contribution in [0.15, 0.2) is 0 Å². The molecule has 0 aromatic rings. The van der Waals surface area contributed by atoms with Crippen molar-refractivity contribution in [1.82, 2.24) is 10.2 Å². The van der Waals surface area contributed by atoms with E-state index in [4.69, 9.17) is 11.5 Å². The van der Waals surface area contributed by atoms with Gasteiger partial charge in [0.05, 0.1) is 12.5 Å². The molecule has 17 heavy (non-hydrogen) atoms. The van der Waals surface area contributed by atoms with Crippen LogP contribution in [0.2, 0.25) is 0 Å². The fourth-order valence-corrected chi connectivity index (χ4v) is 1.18. The first-order valence-corrected chi connectivity index (χ1v) is 5.38. The highest BCUT2D eigenvalue weighted by molar-refractivity contribution is 5.91. The summed E-state index contributed by atoms with van der Waals surface area (Å²) < 4.78 is 0. The Morgan fingerprint density at radius 1 is 1.35 bits per heavy atom. The molecule has 0 radical (unpaired) electrons. The Kier molecular flexibility index (Phi) is 6.19. The molecule has 0 aromatic heterocycles. The fraction of sp³-hybridized carbons (Fsp3) is 0.700. The van der Waals surface area contributed by atoms with Gasteiger partial charge in [-0.1, -0.05) is 0 Å². The van der Waals surface area contributed by atoms with E-state index in [1.165, 1.54) is 4.90 Å². The second-order valence-corrected chi connectivity index (χ2v) is 3.86. The summed E-state index contributed by atoms with van der Waals surface area (Å²) in [7, 11) is 1.63. The number of carbonyl (C=O) groups excluding carboxylic acids is 3. The number of nitrogens with one attached hydrogen (secondary N) is 1. The molecule has 2 unspecified atom stereocenters. The lowest BCUT2D eigenvalue weighted by atomic mass is 10.2. The molecule has 5 N–H and O–H groups in total. The predicted molar refractivity (Wildman–Crippen MR) is 62.7 cm³/mol. The molecule has 0 spiro atoms. The number of rotatable bonds is 6. The standard InChI is InChI=1S/C10H20N4O3/c1-4-14(3)10(17)6(2)13-9(16)7(11)5-8(12)15/h6-7H,4-5,11H2,1-3H3,(H2,12,15)(H,13,16). The quantitative estimate of drug-likeness (QED) is 0.509. The average Bonchev–Trinajstić information content (AvgIpc) is 2.25. The zero-order valence-corrected chi connectivity index (χ0v) is 10.4. The van der Waals surface area contributed by atoms with E-state index < -0.39 is 23.9 Å². The third-order valence-corrected chi connectivity index (χ3v) is 2.34. The van der Waals surface area contributed by atoms with Crippen LogP contribution in [0.4, 0.5) is 0 Å². The molecule has 0 aromatic carbocycles. The maximum absolute atomic E-state index is 11.6. The summed E-state index contributed by atoms with van der Waals surface area (Å²) in [6.07, 6.45) is -0.240. The topological polar surface area (TPSA) is 119 Å². The van der Waals surface area contributed by atoms with E-state index in [-0.39, 0.29) is 12.3 Å². The van der Waals surface area contributed by atoms with Crippen LogP contribution in [0.3, 0.4) is 0 Å². The van der Waals surface area contributed by atoms with Crippen molar-refractivity contribution >= 4 is 17.7 Å². The van der Waals surface area contributed by atoms with Crippen LogP contribution >= 0.6 is 0 Å². The van der Waals surface area contributed by atoms with Crippen molar-refractivity contribution in [2.24, 2.45) is 11.5 Å². The third kappa shape index (κ3) is 5.30. The first-order valence-electron chi connectivity index (χ1n) is 5.38. The van der Waals surface area contributed by atoms with Gasteiger partial charge in [0.1, 0.15) is 6.04 Å². The maximum Gasteiger partial charge on any atom is 0.244 e. The molecule has 7 heteroatoms. The van der Waals surface area contributed by atoms with Crippen molar-refractivity contribution in [2.75, 3.05) is 13.6 Å². The summed E-state index contributed by atoms with van der Waals surface area (Å²) in [4.78, 5) is 35.2. The predicted octanol–water partition coefficient (Wildman–Crippen LogP) is -1.83. The molecule has 0 bridgehead atoms. The van der Waals surface area contributed by atoms with Gasteiger partial charge >= 0.3 is 0 Å². The number of nitrogens with two attached hydrogens (primary N) is 2. The van der Waals surface area contributed by atoms with Gasteiger partial charge in [-0.05, 0) is 13.8 Å². The molecular formula is C10H20N4O3. The van der Waals surface area contributed by atoms with Crippen molar-refractivity contribution in [1.29, 1.82) is 0 Å². The van der Waals surface area contributed by atoms with E-state index in [0.717, 1.165) is 0 Å². The molecule has 98 valence electrons. The Morgan fingerprint density at radius 3 is 2.29 bits per heavy atom. The Hall–Kier alpha value is -1.63. The molecular weight excluding hydrogens is 224 g/mol. The number of carbonyl (C=O) groups is 3. The van der Waals surface area contributed by atoms with E-state index in [0.29, 0.717) is 6.54 Å². The molecule has 0 fully saturated rings. The summed E-state index contributed by atoms with van der Waals surface area (Å²) in [5.41, 5.74) is 10.4. The number of hydrogen-bond donors (Lipinski definition) is 3. The molecule has 0 aliphatic carbocycles. The Balaban J connectivity index is 4.29. The van der Waals surface area contributed by atoms with E-state index in [9.17, 15) is 14.4 Å². The monoisotopic (exact) mass is 244 g/mol. The SMILES string of the molecule is CCN(C)C(=O)C(C)NC(=O)C(N)CC(N)=O. The van der Waals surface area contributed by atoms with Crippen LogP contribution in [0.1, 0.15) is 20.3 Å². The largest absolute Gasteiger partial charge is 0.370 e. The highest BCUT2D eigenvalue weighted by Gasteiger charge is 2.22. The number of likely N-dealkylation sites (N-methyl/N-ethyl adjacent to an activating group) is 1. The number of nitrogens with zero attached hydrogens (tertiary/aromatic N) is 1. The van der Waals surface area contributed by atoms with Crippen molar-refractivity contribution in [3.05, 3.63) is 0 Å². The van der Waals surface area contributed by atoms with Crippen molar-refractivity contribution < 1.29 is 14.4 Å². The minimum atomic E-state index is -1.02. The summed E-state index contributed by atoms with van der Waals surface area (Å²) in [5, 5.41) is 2.44. The van der Waals surface area contributed by atoms with Gasteiger partial charge in [0.15, 0.2) is 0 Å². The smallest absolute Gasteiger partial charge is 0.244 e. The summed E-state index contributed by atoms with van der Waals surface area (Å²) in [6.45, 7) is 3.93. The second kappa shape index (κ2) is 6.85. The number of primary amides is 1. The van der Waals surface area contributed by atoms with Crippen LogP contribution in [0, 0.1) is 0 Å². The van der Waals surface area contributed by atoms with Crippen molar-refractivity contribution in [3.63, 3.8) is 0 Å². The summed E-state index contributed by atoms with van der Waals surface area (Å²) >= 11 is 0. The second-order valence-electron chi connectivity index (χ2n) is 3.86. The van der Waals surface area contributed by atoms with Crippen LogP contribution < -0.4 is 16.8 Å². The summed E-state index contributed by atoms with van der Waals surface area (Å²) in [6, 6.07) is -1.69. The Morgan fingerprint density at radius 2 is 1.88 bits per heavy atom. The minimum absolute atomic E-state index is 0.216. The van der Waals surface area contributed by atoms with Crippen molar-refractivity contribution in [3.8, 4) is 0 Å². The van der Waals surface area contributed by atoms with Gasteiger partial charge in [0.25, 0.3) is 0 Å². The Labute approximate surface area is 100 Å². The molecule has 0 heterocycles. The van der Waals surface area contributed by atoms with E-state index in [1.54, 1.807) is 14.0 Å². The van der Waals surface area contributed by atoms with Crippen LogP contribution in [0.5, 0.6) is 0 Å². The maximum atomic E-state index is 11.6. The molecule has 0 aliphatic rings. The van der Waals surface area contributed by atoms with Gasteiger partial charge in [-0.15, -0.1) is 0 Å². The van der Waals surface area contributed by atoms with Crippen molar-refractivity contribution in [2.45, 2.75) is 32.4 Å². The van der Waals surface area contributed by atoms with Gasteiger partial charge in [-0.2, -0.15) is 0 Å². The molecule has 0 rings (SSSR count).